The van der Waals surface area contributed by atoms with Gasteiger partial charge in [-0.3, -0.25) is 5.32 Å². The fraction of sp³-hybridized carbons (Fsp3) is 0.562. The van der Waals surface area contributed by atoms with Gasteiger partial charge < -0.3 is 0 Å². The highest BCUT2D eigenvalue weighted by Crippen LogP contribution is 2.25. The van der Waals surface area contributed by atoms with E-state index in [-0.39, 0.29) is 5.54 Å². The van der Waals surface area contributed by atoms with E-state index in [1.165, 1.54) is 29.5 Å². The average Bonchev–Trinajstić information content (AvgIpc) is 3.11. The number of rotatable bonds is 6. The maximum Gasteiger partial charge on any atom is 0.113 e. The monoisotopic (exact) mass is 274 g/mol. The van der Waals surface area contributed by atoms with Crippen LogP contribution in [0.15, 0.2) is 18.2 Å². The molecule has 0 aromatic heterocycles. The molecule has 0 amide bonds. The van der Waals surface area contributed by atoms with Crippen molar-refractivity contribution in [3.63, 3.8) is 0 Å². The van der Waals surface area contributed by atoms with Crippen molar-refractivity contribution < 1.29 is 0 Å². The van der Waals surface area contributed by atoms with E-state index in [1.54, 1.807) is 0 Å². The Kier molecular flexibility index (Phi) is 4.54. The Morgan fingerprint density at radius 3 is 2.47 bits per heavy atom. The van der Waals surface area contributed by atoms with Gasteiger partial charge in [-0.05, 0) is 39.2 Å². The quantitative estimate of drug-likeness (QED) is 0.861. The molecule has 0 saturated heterocycles. The fourth-order valence-corrected chi connectivity index (χ4v) is 3.37. The normalized spacial score (nSPS) is 17.8. The molecule has 1 unspecified atom stereocenters. The highest BCUT2D eigenvalue weighted by Gasteiger charge is 2.32. The zero-order chi connectivity index (χ0) is 13.9. The lowest BCUT2D eigenvalue weighted by molar-refractivity contribution is 0.490. The number of hydrogen-bond acceptors (Lipinski definition) is 3. The molecule has 3 heteroatoms. The van der Waals surface area contributed by atoms with Gasteiger partial charge in [0, 0.05) is 17.5 Å². The Labute approximate surface area is 120 Å². The van der Waals surface area contributed by atoms with Gasteiger partial charge in [-0.15, -0.1) is 0 Å². The smallest absolute Gasteiger partial charge is 0.113 e. The molecule has 1 saturated carbocycles. The molecule has 1 aliphatic rings. The van der Waals surface area contributed by atoms with Crippen LogP contribution in [0.25, 0.3) is 0 Å². The molecule has 0 heterocycles. The second kappa shape index (κ2) is 5.98. The van der Waals surface area contributed by atoms with Crippen molar-refractivity contribution >= 4 is 11.8 Å². The van der Waals surface area contributed by atoms with Gasteiger partial charge in [-0.2, -0.15) is 17.0 Å². The van der Waals surface area contributed by atoms with Crippen LogP contribution in [0.2, 0.25) is 0 Å². The van der Waals surface area contributed by atoms with Crippen molar-refractivity contribution in [3.05, 3.63) is 34.9 Å². The van der Waals surface area contributed by atoms with Gasteiger partial charge in [0.1, 0.15) is 5.54 Å². The minimum absolute atomic E-state index is 0.384. The molecule has 0 radical (unpaired) electrons. The Hall–Kier alpha value is -0.980. The van der Waals surface area contributed by atoms with E-state index < -0.39 is 0 Å². The summed E-state index contributed by atoms with van der Waals surface area (Å²) in [6.45, 7) is 6.28. The van der Waals surface area contributed by atoms with Crippen LogP contribution in [-0.2, 0) is 5.75 Å². The van der Waals surface area contributed by atoms with Crippen LogP contribution in [-0.4, -0.2) is 17.3 Å². The van der Waals surface area contributed by atoms with Crippen LogP contribution in [0.4, 0.5) is 0 Å². The topological polar surface area (TPSA) is 35.8 Å². The minimum Gasteiger partial charge on any atom is -0.296 e. The highest BCUT2D eigenvalue weighted by molar-refractivity contribution is 7.98. The van der Waals surface area contributed by atoms with Crippen molar-refractivity contribution in [2.24, 2.45) is 0 Å². The SMILES string of the molecule is Cc1cc(C)cc(CSCC(C)(C#N)NC2CC2)c1. The predicted octanol–water partition coefficient (Wildman–Crippen LogP) is 3.57. The van der Waals surface area contributed by atoms with Crippen LogP contribution in [0, 0.1) is 25.2 Å². The molecule has 0 aliphatic heterocycles. The van der Waals surface area contributed by atoms with E-state index in [4.69, 9.17) is 0 Å². The first-order valence-corrected chi connectivity index (χ1v) is 8.00. The van der Waals surface area contributed by atoms with Gasteiger partial charge >= 0.3 is 0 Å². The number of thioether (sulfide) groups is 1. The predicted molar refractivity (Wildman–Crippen MR) is 82.3 cm³/mol. The van der Waals surface area contributed by atoms with Crippen LogP contribution in [0.3, 0.4) is 0 Å². The first-order chi connectivity index (χ1) is 9.00. The maximum atomic E-state index is 9.32. The Morgan fingerprint density at radius 2 is 1.95 bits per heavy atom. The molecule has 1 fully saturated rings. The number of benzene rings is 1. The summed E-state index contributed by atoms with van der Waals surface area (Å²) in [5.74, 6) is 1.82. The Morgan fingerprint density at radius 1 is 1.32 bits per heavy atom. The number of nitrogens with zero attached hydrogens (tertiary/aromatic N) is 1. The van der Waals surface area contributed by atoms with Crippen molar-refractivity contribution in [3.8, 4) is 6.07 Å². The third-order valence-electron chi connectivity index (χ3n) is 3.29. The lowest BCUT2D eigenvalue weighted by Gasteiger charge is -2.22. The first kappa shape index (κ1) is 14.4. The summed E-state index contributed by atoms with van der Waals surface area (Å²) in [5.41, 5.74) is 3.60. The zero-order valence-electron chi connectivity index (χ0n) is 12.0. The molecular weight excluding hydrogens is 252 g/mol. The van der Waals surface area contributed by atoms with Crippen LogP contribution in [0.5, 0.6) is 0 Å². The summed E-state index contributed by atoms with van der Waals surface area (Å²) in [5, 5.41) is 12.8. The number of nitriles is 1. The Balaban J connectivity index is 1.86. The van der Waals surface area contributed by atoms with E-state index in [9.17, 15) is 5.26 Å². The minimum atomic E-state index is -0.384. The lowest BCUT2D eigenvalue weighted by atomic mass is 10.1. The van der Waals surface area contributed by atoms with Gasteiger partial charge in [0.2, 0.25) is 0 Å². The van der Waals surface area contributed by atoms with E-state index in [0.29, 0.717) is 6.04 Å². The van der Waals surface area contributed by atoms with Gasteiger partial charge in [-0.25, -0.2) is 0 Å². The first-order valence-electron chi connectivity index (χ1n) is 6.85. The summed E-state index contributed by atoms with van der Waals surface area (Å²) >= 11 is 1.84. The molecule has 2 rings (SSSR count). The molecular formula is C16H22N2S. The molecule has 2 nitrogen and oxygen atoms in total. The van der Waals surface area contributed by atoms with E-state index >= 15 is 0 Å². The van der Waals surface area contributed by atoms with Gasteiger partial charge in [0.25, 0.3) is 0 Å². The summed E-state index contributed by atoms with van der Waals surface area (Å²) in [6.07, 6.45) is 2.44. The molecule has 1 N–H and O–H groups in total. The van der Waals surface area contributed by atoms with Crippen LogP contribution in [0.1, 0.15) is 36.5 Å². The second-order valence-corrected chi connectivity index (χ2v) is 6.84. The number of nitrogens with one attached hydrogen (secondary N) is 1. The maximum absolute atomic E-state index is 9.32. The largest absolute Gasteiger partial charge is 0.296 e. The molecule has 1 aromatic carbocycles. The summed E-state index contributed by atoms with van der Waals surface area (Å²) < 4.78 is 0. The third-order valence-corrected chi connectivity index (χ3v) is 4.61. The number of aryl methyl sites for hydroxylation is 2. The molecule has 0 spiro atoms. The van der Waals surface area contributed by atoms with Gasteiger partial charge in [0.05, 0.1) is 6.07 Å². The highest BCUT2D eigenvalue weighted by atomic mass is 32.2. The van der Waals surface area contributed by atoms with Gasteiger partial charge in [0.15, 0.2) is 0 Å². The van der Waals surface area contributed by atoms with E-state index in [0.717, 1.165) is 11.5 Å². The summed E-state index contributed by atoms with van der Waals surface area (Å²) in [6, 6.07) is 9.67. The van der Waals surface area contributed by atoms with Crippen molar-refractivity contribution in [1.82, 2.24) is 5.32 Å². The van der Waals surface area contributed by atoms with Crippen LogP contribution >= 0.6 is 11.8 Å². The fourth-order valence-electron chi connectivity index (χ4n) is 2.31. The van der Waals surface area contributed by atoms with Gasteiger partial charge in [-0.1, -0.05) is 29.3 Å². The van der Waals surface area contributed by atoms with Crippen LogP contribution < -0.4 is 5.32 Å². The van der Waals surface area contributed by atoms with E-state index in [2.05, 4.69) is 43.4 Å². The summed E-state index contributed by atoms with van der Waals surface area (Å²) in [7, 11) is 0. The average molecular weight is 274 g/mol. The molecule has 1 aromatic rings. The second-order valence-electron chi connectivity index (χ2n) is 5.85. The molecule has 1 atom stereocenters. The summed E-state index contributed by atoms with van der Waals surface area (Å²) in [4.78, 5) is 0. The molecule has 0 bridgehead atoms. The van der Waals surface area contributed by atoms with E-state index in [1.807, 2.05) is 18.7 Å². The lowest BCUT2D eigenvalue weighted by Crippen LogP contribution is -2.44. The molecule has 1 aliphatic carbocycles. The third kappa shape index (κ3) is 4.56. The zero-order valence-corrected chi connectivity index (χ0v) is 12.8. The standard InChI is InChI=1S/C16H22N2S/c1-12-6-13(2)8-14(7-12)9-19-11-16(3,10-17)18-15-4-5-15/h6-8,15,18H,4-5,9,11H2,1-3H3. The van der Waals surface area contributed by atoms with Crippen molar-refractivity contribution in [1.29, 1.82) is 5.26 Å². The van der Waals surface area contributed by atoms with Crippen molar-refractivity contribution in [2.45, 2.75) is 50.9 Å². The van der Waals surface area contributed by atoms with Crippen molar-refractivity contribution in [2.75, 3.05) is 5.75 Å². The molecule has 102 valence electrons. The number of hydrogen-bond donors (Lipinski definition) is 1. The Bertz CT molecular complexity index is 468. The molecule has 19 heavy (non-hydrogen) atoms.